The van der Waals surface area contributed by atoms with Gasteiger partial charge in [-0.15, -0.1) is 0 Å². The monoisotopic (exact) mass is 671 g/mol. The van der Waals surface area contributed by atoms with Crippen LogP contribution in [0.4, 0.5) is 0 Å². The number of carbonyl (C=O) groups is 2. The number of aromatic nitrogens is 1. The summed E-state index contributed by atoms with van der Waals surface area (Å²) in [6, 6.07) is 26.2. The zero-order valence-electron chi connectivity index (χ0n) is 29.4. The van der Waals surface area contributed by atoms with Gasteiger partial charge >= 0.3 is 0 Å². The molecule has 0 radical (unpaired) electrons. The minimum Gasteiger partial charge on any atom is -0.348 e. The largest absolute Gasteiger partial charge is 0.348 e. The van der Waals surface area contributed by atoms with Gasteiger partial charge in [0.15, 0.2) is 0 Å². The van der Waals surface area contributed by atoms with Crippen molar-refractivity contribution in [3.8, 4) is 0 Å². The number of rotatable bonds is 10. The maximum atomic E-state index is 13.2. The number of nitrogens with zero attached hydrogens (tertiary/aromatic N) is 3. The van der Waals surface area contributed by atoms with E-state index in [2.05, 4.69) is 73.9 Å². The molecular weight excluding hydrogens is 619 g/mol. The highest BCUT2D eigenvalue weighted by Crippen LogP contribution is 2.54. The van der Waals surface area contributed by atoms with Crippen molar-refractivity contribution in [3.63, 3.8) is 0 Å². The maximum Gasteiger partial charge on any atom is 0.270 e. The molecule has 4 atom stereocenters. The van der Waals surface area contributed by atoms with Gasteiger partial charge in [-0.1, -0.05) is 54.6 Å². The molecule has 2 N–H and O–H groups in total. The quantitative estimate of drug-likeness (QED) is 0.227. The molecule has 0 spiro atoms. The fraction of sp³-hybridized carbons (Fsp3) is 0.558. The van der Waals surface area contributed by atoms with Crippen molar-refractivity contribution in [1.82, 2.24) is 25.4 Å². The molecule has 0 unspecified atom stereocenters. The van der Waals surface area contributed by atoms with E-state index in [-0.39, 0.29) is 23.9 Å². The number of benzene rings is 2. The van der Waals surface area contributed by atoms with Gasteiger partial charge in [0.2, 0.25) is 0 Å². The SMILES string of the molecule is O=C(NC1CCC(CCN2[C@@H]3CC[C@H]2c2ccccc23)CC1)c1cccc(C(=O)NC2CCC(CCN3[C@@H]4CC[C@H]3c3ccccc34)CC2)n1. The standard InChI is InChI=1S/C43H53N5O2/c49-42(44-30-16-12-28(13-17-30)24-26-47-38-20-21-39(47)33-7-2-1-6-32(33)38)36-10-5-11-37(46-36)43(50)45-31-18-14-29(15-19-31)25-27-48-40-22-23-41(48)35-9-4-3-8-34(35)40/h1-11,28-31,38-41H,12-27H2,(H,44,49)(H,45,50)/t28?,29?,30?,31?,38-,39+,40-,41+. The second-order valence-corrected chi connectivity index (χ2v) is 16.3. The van der Waals surface area contributed by atoms with Gasteiger partial charge in [0, 0.05) is 36.3 Å². The summed E-state index contributed by atoms with van der Waals surface area (Å²) in [5.41, 5.74) is 6.93. The summed E-state index contributed by atoms with van der Waals surface area (Å²) >= 11 is 0. The number of pyridine rings is 1. The first-order valence-corrected chi connectivity index (χ1v) is 19.9. The minimum atomic E-state index is -0.162. The molecule has 2 aromatic carbocycles. The van der Waals surface area contributed by atoms with Gasteiger partial charge in [0.05, 0.1) is 0 Å². The highest BCUT2D eigenvalue weighted by molar-refractivity contribution is 5.96. The molecule has 7 nitrogen and oxygen atoms in total. The second-order valence-electron chi connectivity index (χ2n) is 16.3. The molecule has 4 fully saturated rings. The Kier molecular flexibility index (Phi) is 8.98. The van der Waals surface area contributed by atoms with E-state index in [1.807, 2.05) is 0 Å². The number of hydrogen-bond donors (Lipinski definition) is 2. The molecule has 1 aromatic heterocycles. The number of nitrogens with one attached hydrogen (secondary N) is 2. The molecule has 50 heavy (non-hydrogen) atoms. The first-order chi connectivity index (χ1) is 24.6. The van der Waals surface area contributed by atoms with Crippen molar-refractivity contribution < 1.29 is 9.59 Å². The highest BCUT2D eigenvalue weighted by atomic mass is 16.2. The molecule has 262 valence electrons. The molecule has 7 heteroatoms. The van der Waals surface area contributed by atoms with Gasteiger partial charge in [-0.25, -0.2) is 4.98 Å². The third-order valence-electron chi connectivity index (χ3n) is 13.6. The normalized spacial score (nSPS) is 31.4. The van der Waals surface area contributed by atoms with Crippen LogP contribution in [0.3, 0.4) is 0 Å². The van der Waals surface area contributed by atoms with Gasteiger partial charge < -0.3 is 10.6 Å². The summed E-state index contributed by atoms with van der Waals surface area (Å²) in [6.45, 7) is 2.36. The third kappa shape index (κ3) is 6.19. The van der Waals surface area contributed by atoms with Crippen LogP contribution in [-0.4, -0.2) is 51.8 Å². The molecule has 3 aromatic rings. The average Bonchev–Trinajstić information content (AvgIpc) is 3.92. The van der Waals surface area contributed by atoms with Gasteiger partial charge in [-0.05, 0) is 149 Å². The molecule has 4 bridgehead atoms. The second kappa shape index (κ2) is 13.9. The Balaban J connectivity index is 0.698. The molecule has 2 saturated carbocycles. The van der Waals surface area contributed by atoms with Crippen LogP contribution in [-0.2, 0) is 0 Å². The van der Waals surface area contributed by atoms with E-state index < -0.39 is 0 Å². The lowest BCUT2D eigenvalue weighted by Crippen LogP contribution is -2.39. The van der Waals surface area contributed by atoms with E-state index in [0.29, 0.717) is 35.6 Å². The first-order valence-electron chi connectivity index (χ1n) is 19.9. The van der Waals surface area contributed by atoms with Crippen LogP contribution in [0.25, 0.3) is 0 Å². The molecule has 4 aliphatic heterocycles. The van der Waals surface area contributed by atoms with E-state index >= 15 is 0 Å². The maximum absolute atomic E-state index is 13.2. The lowest BCUT2D eigenvalue weighted by molar-refractivity contribution is 0.0909. The van der Waals surface area contributed by atoms with Gasteiger partial charge in [0.25, 0.3) is 11.8 Å². The molecular formula is C43H53N5O2. The summed E-state index contributed by atoms with van der Waals surface area (Å²) in [7, 11) is 0. The Morgan fingerprint density at radius 3 is 1.22 bits per heavy atom. The van der Waals surface area contributed by atoms with E-state index in [4.69, 9.17) is 0 Å². The summed E-state index contributed by atoms with van der Waals surface area (Å²) < 4.78 is 0. The Morgan fingerprint density at radius 1 is 0.500 bits per heavy atom. The number of fused-ring (bicyclic) bond motifs is 10. The van der Waals surface area contributed by atoms with Crippen LogP contribution in [0.5, 0.6) is 0 Å². The fourth-order valence-corrected chi connectivity index (χ4v) is 11.0. The highest BCUT2D eigenvalue weighted by Gasteiger charge is 2.44. The lowest BCUT2D eigenvalue weighted by atomic mass is 9.84. The van der Waals surface area contributed by atoms with Crippen LogP contribution >= 0.6 is 0 Å². The van der Waals surface area contributed by atoms with Crippen LogP contribution < -0.4 is 10.6 Å². The Morgan fingerprint density at radius 2 is 0.860 bits per heavy atom. The molecule has 2 aliphatic carbocycles. The van der Waals surface area contributed by atoms with Gasteiger partial charge in [-0.3, -0.25) is 19.4 Å². The summed E-state index contributed by atoms with van der Waals surface area (Å²) in [6.07, 6.45) is 16.4. The number of amides is 2. The van der Waals surface area contributed by atoms with E-state index in [0.717, 1.165) is 63.2 Å². The van der Waals surface area contributed by atoms with E-state index in [1.165, 1.54) is 51.6 Å². The molecule has 2 saturated heterocycles. The number of carbonyl (C=O) groups excluding carboxylic acids is 2. The lowest BCUT2D eigenvalue weighted by Gasteiger charge is -2.31. The third-order valence-corrected chi connectivity index (χ3v) is 13.6. The first kappa shape index (κ1) is 32.4. The van der Waals surface area contributed by atoms with Crippen molar-refractivity contribution >= 4 is 11.8 Å². The smallest absolute Gasteiger partial charge is 0.270 e. The number of hydrogen-bond acceptors (Lipinski definition) is 5. The fourth-order valence-electron chi connectivity index (χ4n) is 11.0. The van der Waals surface area contributed by atoms with E-state index in [9.17, 15) is 9.59 Å². The van der Waals surface area contributed by atoms with Crippen LogP contribution in [0, 0.1) is 11.8 Å². The predicted molar refractivity (Wildman–Crippen MR) is 196 cm³/mol. The van der Waals surface area contributed by atoms with Crippen molar-refractivity contribution in [1.29, 1.82) is 0 Å². The van der Waals surface area contributed by atoms with Gasteiger partial charge in [0.1, 0.15) is 11.4 Å². The van der Waals surface area contributed by atoms with Crippen LogP contribution in [0.1, 0.15) is 157 Å². The Labute approximate surface area is 297 Å². The van der Waals surface area contributed by atoms with Crippen LogP contribution in [0.2, 0.25) is 0 Å². The summed E-state index contributed by atoms with van der Waals surface area (Å²) in [5, 5.41) is 6.48. The van der Waals surface area contributed by atoms with Crippen molar-refractivity contribution in [2.45, 2.75) is 126 Å². The van der Waals surface area contributed by atoms with Crippen molar-refractivity contribution in [2.24, 2.45) is 11.8 Å². The minimum absolute atomic E-state index is 0.162. The zero-order chi connectivity index (χ0) is 33.6. The summed E-state index contributed by atoms with van der Waals surface area (Å²) in [5.74, 6) is 1.13. The molecule has 2 amide bonds. The molecule has 6 aliphatic rings. The van der Waals surface area contributed by atoms with Gasteiger partial charge in [-0.2, -0.15) is 0 Å². The molecule has 9 rings (SSSR count). The van der Waals surface area contributed by atoms with E-state index in [1.54, 1.807) is 40.5 Å². The van der Waals surface area contributed by atoms with Crippen molar-refractivity contribution in [2.75, 3.05) is 13.1 Å². The van der Waals surface area contributed by atoms with Crippen molar-refractivity contribution in [3.05, 3.63) is 100 Å². The Bertz CT molecular complexity index is 1530. The zero-order valence-corrected chi connectivity index (χ0v) is 29.4. The summed E-state index contributed by atoms with van der Waals surface area (Å²) in [4.78, 5) is 36.5. The molecule has 5 heterocycles. The predicted octanol–water partition coefficient (Wildman–Crippen LogP) is 8.22. The average molecular weight is 672 g/mol. The van der Waals surface area contributed by atoms with Crippen LogP contribution in [0.15, 0.2) is 66.7 Å². The topological polar surface area (TPSA) is 77.6 Å². The Hall–Kier alpha value is -3.55.